The molecular formula is C17H25N3O2. The van der Waals surface area contributed by atoms with Gasteiger partial charge in [0, 0.05) is 51.7 Å². The molecule has 2 aliphatic heterocycles. The Morgan fingerprint density at radius 2 is 1.95 bits per heavy atom. The van der Waals surface area contributed by atoms with Crippen LogP contribution in [-0.2, 0) is 16.1 Å². The van der Waals surface area contributed by atoms with Crippen LogP contribution in [0.4, 0.5) is 0 Å². The monoisotopic (exact) mass is 303 g/mol. The van der Waals surface area contributed by atoms with E-state index >= 15 is 0 Å². The zero-order chi connectivity index (χ0) is 15.2. The average Bonchev–Trinajstić information content (AvgIpc) is 2.57. The molecule has 3 heterocycles. The van der Waals surface area contributed by atoms with Crippen molar-refractivity contribution in [3.05, 3.63) is 30.1 Å². The van der Waals surface area contributed by atoms with E-state index in [4.69, 9.17) is 4.74 Å². The number of ether oxygens (including phenoxy) is 1. The minimum absolute atomic E-state index is 0.149. The van der Waals surface area contributed by atoms with Crippen LogP contribution in [0.1, 0.15) is 31.2 Å². The SMILES string of the molecule is O=C(CC1CCCCO1)N1CCN(Cc2ccncc2)CC1. The van der Waals surface area contributed by atoms with Crippen LogP contribution in [0, 0.1) is 0 Å². The van der Waals surface area contributed by atoms with E-state index in [1.165, 1.54) is 12.0 Å². The van der Waals surface area contributed by atoms with Gasteiger partial charge in [0.15, 0.2) is 0 Å². The van der Waals surface area contributed by atoms with Gasteiger partial charge in [-0.25, -0.2) is 0 Å². The van der Waals surface area contributed by atoms with Gasteiger partial charge in [-0.2, -0.15) is 0 Å². The summed E-state index contributed by atoms with van der Waals surface area (Å²) in [7, 11) is 0. The van der Waals surface area contributed by atoms with Crippen molar-refractivity contribution >= 4 is 5.91 Å². The zero-order valence-electron chi connectivity index (χ0n) is 13.1. The number of hydrogen-bond acceptors (Lipinski definition) is 4. The first-order valence-electron chi connectivity index (χ1n) is 8.32. The largest absolute Gasteiger partial charge is 0.378 e. The van der Waals surface area contributed by atoms with Crippen molar-refractivity contribution in [2.75, 3.05) is 32.8 Å². The highest BCUT2D eigenvalue weighted by atomic mass is 16.5. The Hall–Kier alpha value is -1.46. The van der Waals surface area contributed by atoms with Gasteiger partial charge in [-0.05, 0) is 37.0 Å². The molecule has 22 heavy (non-hydrogen) atoms. The Morgan fingerprint density at radius 1 is 1.18 bits per heavy atom. The van der Waals surface area contributed by atoms with E-state index in [1.54, 1.807) is 0 Å². The molecule has 1 unspecified atom stereocenters. The Labute approximate surface area is 132 Å². The molecule has 1 aromatic rings. The third-order valence-electron chi connectivity index (χ3n) is 4.56. The fourth-order valence-corrected chi connectivity index (χ4v) is 3.19. The first-order chi connectivity index (χ1) is 10.8. The summed E-state index contributed by atoms with van der Waals surface area (Å²) in [6.07, 6.45) is 7.74. The molecule has 0 spiro atoms. The number of nitrogens with zero attached hydrogens (tertiary/aromatic N) is 3. The van der Waals surface area contributed by atoms with E-state index in [-0.39, 0.29) is 12.0 Å². The summed E-state index contributed by atoms with van der Waals surface area (Å²) in [5.41, 5.74) is 1.28. The first kappa shape index (κ1) is 15.4. The van der Waals surface area contributed by atoms with E-state index in [9.17, 15) is 4.79 Å². The van der Waals surface area contributed by atoms with E-state index in [1.807, 2.05) is 17.3 Å². The van der Waals surface area contributed by atoms with E-state index in [0.717, 1.165) is 52.2 Å². The third-order valence-corrected chi connectivity index (χ3v) is 4.56. The second-order valence-electron chi connectivity index (χ2n) is 6.21. The maximum absolute atomic E-state index is 12.4. The predicted molar refractivity (Wildman–Crippen MR) is 84.3 cm³/mol. The molecular weight excluding hydrogens is 278 g/mol. The quantitative estimate of drug-likeness (QED) is 0.849. The van der Waals surface area contributed by atoms with Crippen molar-refractivity contribution in [2.24, 2.45) is 0 Å². The summed E-state index contributed by atoms with van der Waals surface area (Å²) in [5, 5.41) is 0. The standard InChI is InChI=1S/C17H25N3O2/c21-17(13-16-3-1-2-12-22-16)20-10-8-19(9-11-20)14-15-4-6-18-7-5-15/h4-7,16H,1-3,8-14H2. The lowest BCUT2D eigenvalue weighted by atomic mass is 10.1. The maximum Gasteiger partial charge on any atom is 0.225 e. The molecule has 1 aromatic heterocycles. The van der Waals surface area contributed by atoms with Gasteiger partial charge in [-0.3, -0.25) is 14.7 Å². The van der Waals surface area contributed by atoms with E-state index < -0.39 is 0 Å². The molecule has 0 N–H and O–H groups in total. The maximum atomic E-state index is 12.4. The zero-order valence-corrected chi connectivity index (χ0v) is 13.1. The molecule has 5 nitrogen and oxygen atoms in total. The minimum Gasteiger partial charge on any atom is -0.378 e. The molecule has 120 valence electrons. The molecule has 0 radical (unpaired) electrons. The summed E-state index contributed by atoms with van der Waals surface area (Å²) in [5.74, 6) is 0.260. The van der Waals surface area contributed by atoms with Gasteiger partial charge in [0.25, 0.3) is 0 Å². The number of pyridine rings is 1. The molecule has 2 aliphatic rings. The van der Waals surface area contributed by atoms with Gasteiger partial charge < -0.3 is 9.64 Å². The number of carbonyl (C=O) groups excluding carboxylic acids is 1. The average molecular weight is 303 g/mol. The molecule has 0 aliphatic carbocycles. The van der Waals surface area contributed by atoms with Crippen molar-refractivity contribution in [1.82, 2.24) is 14.8 Å². The number of carbonyl (C=O) groups is 1. The highest BCUT2D eigenvalue weighted by Gasteiger charge is 2.24. The normalized spacial score (nSPS) is 23.5. The Morgan fingerprint density at radius 3 is 2.64 bits per heavy atom. The number of hydrogen-bond donors (Lipinski definition) is 0. The Bertz CT molecular complexity index is 466. The van der Waals surface area contributed by atoms with Gasteiger partial charge in [0.1, 0.15) is 0 Å². The fraction of sp³-hybridized carbons (Fsp3) is 0.647. The second-order valence-corrected chi connectivity index (χ2v) is 6.21. The molecule has 1 atom stereocenters. The predicted octanol–water partition coefficient (Wildman–Crippen LogP) is 1.68. The second kappa shape index (κ2) is 7.70. The van der Waals surface area contributed by atoms with Gasteiger partial charge in [0.05, 0.1) is 12.5 Å². The first-order valence-corrected chi connectivity index (χ1v) is 8.32. The van der Waals surface area contributed by atoms with Crippen molar-refractivity contribution in [2.45, 2.75) is 38.3 Å². The molecule has 1 amide bonds. The van der Waals surface area contributed by atoms with E-state index in [0.29, 0.717) is 6.42 Å². The van der Waals surface area contributed by atoms with Crippen LogP contribution in [0.2, 0.25) is 0 Å². The molecule has 3 rings (SSSR count). The summed E-state index contributed by atoms with van der Waals surface area (Å²) >= 11 is 0. The van der Waals surface area contributed by atoms with Crippen molar-refractivity contribution in [3.8, 4) is 0 Å². The highest BCUT2D eigenvalue weighted by molar-refractivity contribution is 5.76. The van der Waals surface area contributed by atoms with Gasteiger partial charge in [-0.15, -0.1) is 0 Å². The Balaban J connectivity index is 1.42. The fourth-order valence-electron chi connectivity index (χ4n) is 3.19. The number of piperazine rings is 1. The number of amides is 1. The van der Waals surface area contributed by atoms with Crippen LogP contribution in [-0.4, -0.2) is 59.6 Å². The summed E-state index contributed by atoms with van der Waals surface area (Å²) in [6.45, 7) is 5.31. The van der Waals surface area contributed by atoms with Crippen LogP contribution in [0.3, 0.4) is 0 Å². The molecule has 2 fully saturated rings. The molecule has 5 heteroatoms. The lowest BCUT2D eigenvalue weighted by Gasteiger charge is -2.35. The third kappa shape index (κ3) is 4.27. The Kier molecular flexibility index (Phi) is 5.40. The van der Waals surface area contributed by atoms with Gasteiger partial charge >= 0.3 is 0 Å². The topological polar surface area (TPSA) is 45.7 Å². The van der Waals surface area contributed by atoms with Gasteiger partial charge in [0.2, 0.25) is 5.91 Å². The molecule has 0 aromatic carbocycles. The molecule has 0 bridgehead atoms. The molecule has 0 saturated carbocycles. The van der Waals surface area contributed by atoms with Crippen LogP contribution in [0.5, 0.6) is 0 Å². The highest BCUT2D eigenvalue weighted by Crippen LogP contribution is 2.17. The number of rotatable bonds is 4. The van der Waals surface area contributed by atoms with Crippen LogP contribution < -0.4 is 0 Å². The summed E-state index contributed by atoms with van der Waals surface area (Å²) < 4.78 is 5.68. The smallest absolute Gasteiger partial charge is 0.225 e. The van der Waals surface area contributed by atoms with Crippen LogP contribution >= 0.6 is 0 Å². The lowest BCUT2D eigenvalue weighted by Crippen LogP contribution is -2.49. The van der Waals surface area contributed by atoms with Crippen molar-refractivity contribution in [3.63, 3.8) is 0 Å². The lowest BCUT2D eigenvalue weighted by molar-refractivity contribution is -0.136. The van der Waals surface area contributed by atoms with Crippen LogP contribution in [0.25, 0.3) is 0 Å². The summed E-state index contributed by atoms with van der Waals surface area (Å²) in [6, 6.07) is 4.11. The van der Waals surface area contributed by atoms with Crippen molar-refractivity contribution < 1.29 is 9.53 Å². The van der Waals surface area contributed by atoms with Gasteiger partial charge in [-0.1, -0.05) is 0 Å². The minimum atomic E-state index is 0.149. The summed E-state index contributed by atoms with van der Waals surface area (Å²) in [4.78, 5) is 20.8. The van der Waals surface area contributed by atoms with E-state index in [2.05, 4.69) is 22.0 Å². The number of aromatic nitrogens is 1. The van der Waals surface area contributed by atoms with Crippen LogP contribution in [0.15, 0.2) is 24.5 Å². The molecule has 2 saturated heterocycles. The van der Waals surface area contributed by atoms with Crippen molar-refractivity contribution in [1.29, 1.82) is 0 Å².